The van der Waals surface area contributed by atoms with Gasteiger partial charge in [0.15, 0.2) is 5.84 Å². The van der Waals surface area contributed by atoms with E-state index in [1.165, 1.54) is 0 Å². The molecule has 0 aromatic carbocycles. The first kappa shape index (κ1) is 14.8. The third-order valence-electron chi connectivity index (χ3n) is 4.07. The third kappa shape index (κ3) is 3.49. The second-order valence-electron chi connectivity index (χ2n) is 5.28. The monoisotopic (exact) mass is 280 g/mol. The van der Waals surface area contributed by atoms with Crippen LogP contribution in [0.3, 0.4) is 0 Å². The van der Waals surface area contributed by atoms with E-state index in [-0.39, 0.29) is 11.9 Å². The predicted octanol–water partition coefficient (Wildman–Crippen LogP) is -0.285. The topological polar surface area (TPSA) is 82.9 Å². The lowest BCUT2D eigenvalue weighted by Crippen LogP contribution is -2.53. The number of oxime groups is 1. The van der Waals surface area contributed by atoms with Crippen molar-refractivity contribution >= 4 is 5.84 Å². The van der Waals surface area contributed by atoms with Crippen LogP contribution in [0, 0.1) is 0 Å². The van der Waals surface area contributed by atoms with Gasteiger partial charge in [-0.05, 0) is 6.92 Å². The Morgan fingerprint density at radius 1 is 1.45 bits per heavy atom. The quantitative estimate of drug-likeness (QED) is 0.335. The zero-order valence-corrected chi connectivity index (χ0v) is 12.2. The molecular weight excluding hydrogens is 256 g/mol. The van der Waals surface area contributed by atoms with Crippen molar-refractivity contribution in [3.63, 3.8) is 0 Å². The van der Waals surface area contributed by atoms with Gasteiger partial charge in [0.25, 0.3) is 0 Å². The third-order valence-corrected chi connectivity index (χ3v) is 4.07. The molecule has 0 saturated carbocycles. The molecule has 0 spiro atoms. The van der Waals surface area contributed by atoms with Crippen LogP contribution in [0.4, 0.5) is 0 Å². The lowest BCUT2D eigenvalue weighted by atomic mass is 10.2. The average Bonchev–Trinajstić information content (AvgIpc) is 2.89. The fourth-order valence-corrected chi connectivity index (χ4v) is 2.54. The molecule has 1 aromatic rings. The summed E-state index contributed by atoms with van der Waals surface area (Å²) < 4.78 is 2.07. The molecule has 2 heterocycles. The fourth-order valence-electron chi connectivity index (χ4n) is 2.54. The second kappa shape index (κ2) is 6.71. The largest absolute Gasteiger partial charge is 0.409 e. The van der Waals surface area contributed by atoms with E-state index in [2.05, 4.69) is 24.5 Å². The molecule has 3 N–H and O–H groups in total. The van der Waals surface area contributed by atoms with Crippen molar-refractivity contribution in [3.05, 3.63) is 18.2 Å². The van der Waals surface area contributed by atoms with Crippen molar-refractivity contribution in [1.82, 2.24) is 19.4 Å². The molecule has 7 heteroatoms. The summed E-state index contributed by atoms with van der Waals surface area (Å²) in [5.41, 5.74) is 5.66. The van der Waals surface area contributed by atoms with E-state index in [1.54, 1.807) is 0 Å². The van der Waals surface area contributed by atoms with Gasteiger partial charge in [-0.2, -0.15) is 0 Å². The zero-order chi connectivity index (χ0) is 14.5. The number of piperazine rings is 1. The van der Waals surface area contributed by atoms with Gasteiger partial charge in [-0.1, -0.05) is 5.16 Å². The number of nitrogens with zero attached hydrogens (tertiary/aromatic N) is 5. The molecule has 1 aliphatic heterocycles. The van der Waals surface area contributed by atoms with Crippen molar-refractivity contribution in [3.8, 4) is 0 Å². The van der Waals surface area contributed by atoms with Gasteiger partial charge in [0.1, 0.15) is 5.82 Å². The number of amidine groups is 1. The van der Waals surface area contributed by atoms with Gasteiger partial charge in [0.2, 0.25) is 0 Å². The SMILES string of the molecule is CC(/C(N)=N/O)N1CCN(CCc2nccn2C)CC1. The molecule has 0 amide bonds. The summed E-state index contributed by atoms with van der Waals surface area (Å²) in [5.74, 6) is 1.41. The van der Waals surface area contributed by atoms with Crippen LogP contribution in [0.2, 0.25) is 0 Å². The fraction of sp³-hybridized carbons (Fsp3) is 0.692. The summed E-state index contributed by atoms with van der Waals surface area (Å²) in [6.45, 7) is 6.89. The standard InChI is InChI=1S/C13H24N6O/c1-11(13(14)16-20)19-9-7-18(8-10-19)5-3-12-15-4-6-17(12)2/h4,6,11,20H,3,5,7-10H2,1-2H3,(H2,14,16). The van der Waals surface area contributed by atoms with E-state index >= 15 is 0 Å². The molecule has 1 saturated heterocycles. The van der Waals surface area contributed by atoms with Crippen molar-refractivity contribution in [2.45, 2.75) is 19.4 Å². The summed E-state index contributed by atoms with van der Waals surface area (Å²) in [4.78, 5) is 9.02. The van der Waals surface area contributed by atoms with E-state index in [0.29, 0.717) is 0 Å². The van der Waals surface area contributed by atoms with Crippen LogP contribution in [-0.4, -0.2) is 69.2 Å². The summed E-state index contributed by atoms with van der Waals surface area (Å²) in [7, 11) is 2.03. The predicted molar refractivity (Wildman–Crippen MR) is 77.8 cm³/mol. The van der Waals surface area contributed by atoms with Crippen LogP contribution in [0.5, 0.6) is 0 Å². The van der Waals surface area contributed by atoms with Crippen LogP contribution >= 0.6 is 0 Å². The molecule has 0 radical (unpaired) electrons. The van der Waals surface area contributed by atoms with Gasteiger partial charge in [-0.15, -0.1) is 0 Å². The highest BCUT2D eigenvalue weighted by Gasteiger charge is 2.23. The van der Waals surface area contributed by atoms with Gasteiger partial charge < -0.3 is 20.4 Å². The highest BCUT2D eigenvalue weighted by Crippen LogP contribution is 2.07. The zero-order valence-electron chi connectivity index (χ0n) is 12.2. The van der Waals surface area contributed by atoms with Crippen LogP contribution in [0.1, 0.15) is 12.7 Å². The second-order valence-corrected chi connectivity index (χ2v) is 5.28. The first-order valence-corrected chi connectivity index (χ1v) is 7.02. The minimum absolute atomic E-state index is 0.00306. The van der Waals surface area contributed by atoms with Gasteiger partial charge in [-0.25, -0.2) is 4.98 Å². The smallest absolute Gasteiger partial charge is 0.156 e. The molecule has 1 aromatic heterocycles. The van der Waals surface area contributed by atoms with Crippen LogP contribution in [0.15, 0.2) is 17.5 Å². The molecule has 20 heavy (non-hydrogen) atoms. The lowest BCUT2D eigenvalue weighted by molar-refractivity contribution is 0.121. The lowest BCUT2D eigenvalue weighted by Gasteiger charge is -2.37. The van der Waals surface area contributed by atoms with Gasteiger partial charge in [0, 0.05) is 58.6 Å². The normalized spacial score (nSPS) is 20.2. The molecule has 1 fully saturated rings. The van der Waals surface area contributed by atoms with E-state index in [1.807, 2.05) is 26.4 Å². The molecule has 7 nitrogen and oxygen atoms in total. The molecule has 1 unspecified atom stereocenters. The number of hydrogen-bond donors (Lipinski definition) is 2. The number of imidazole rings is 1. The Morgan fingerprint density at radius 2 is 2.15 bits per heavy atom. The number of nitrogens with two attached hydrogens (primary N) is 1. The highest BCUT2D eigenvalue weighted by molar-refractivity contribution is 5.84. The number of aryl methyl sites for hydroxylation is 1. The van der Waals surface area contributed by atoms with Crippen LogP contribution in [-0.2, 0) is 13.5 Å². The van der Waals surface area contributed by atoms with Gasteiger partial charge in [0.05, 0.1) is 6.04 Å². The van der Waals surface area contributed by atoms with Crippen LogP contribution in [0.25, 0.3) is 0 Å². The Bertz CT molecular complexity index is 449. The minimum atomic E-state index is -0.00306. The van der Waals surface area contributed by atoms with E-state index in [9.17, 15) is 0 Å². The summed E-state index contributed by atoms with van der Waals surface area (Å²) in [6.07, 6.45) is 4.79. The highest BCUT2D eigenvalue weighted by atomic mass is 16.4. The van der Waals surface area contributed by atoms with E-state index in [4.69, 9.17) is 10.9 Å². The number of aromatic nitrogens is 2. The Kier molecular flexibility index (Phi) is 4.97. The van der Waals surface area contributed by atoms with Crippen molar-refractivity contribution in [1.29, 1.82) is 0 Å². The van der Waals surface area contributed by atoms with Crippen molar-refractivity contribution < 1.29 is 5.21 Å². The summed E-state index contributed by atoms with van der Waals surface area (Å²) in [6, 6.07) is -0.00306. The number of rotatable bonds is 5. The molecular formula is C13H24N6O. The number of hydrogen-bond acceptors (Lipinski definition) is 5. The Labute approximate surface area is 119 Å². The Balaban J connectivity index is 1.76. The van der Waals surface area contributed by atoms with Crippen molar-refractivity contribution in [2.24, 2.45) is 17.9 Å². The van der Waals surface area contributed by atoms with E-state index < -0.39 is 0 Å². The molecule has 1 aliphatic rings. The summed E-state index contributed by atoms with van der Waals surface area (Å²) >= 11 is 0. The van der Waals surface area contributed by atoms with Gasteiger partial charge in [-0.3, -0.25) is 4.90 Å². The maximum Gasteiger partial charge on any atom is 0.156 e. The van der Waals surface area contributed by atoms with Crippen molar-refractivity contribution in [2.75, 3.05) is 32.7 Å². The molecule has 0 bridgehead atoms. The molecule has 1 atom stereocenters. The molecule has 112 valence electrons. The summed E-state index contributed by atoms with van der Waals surface area (Å²) in [5, 5.41) is 11.8. The Morgan fingerprint density at radius 3 is 2.70 bits per heavy atom. The van der Waals surface area contributed by atoms with Gasteiger partial charge >= 0.3 is 0 Å². The molecule has 2 rings (SSSR count). The minimum Gasteiger partial charge on any atom is -0.409 e. The maximum absolute atomic E-state index is 8.72. The van der Waals surface area contributed by atoms with E-state index in [0.717, 1.165) is 45.0 Å². The molecule has 0 aliphatic carbocycles. The first-order valence-electron chi connectivity index (χ1n) is 7.02. The average molecular weight is 280 g/mol. The first-order chi connectivity index (χ1) is 9.61. The Hall–Kier alpha value is -1.60. The van der Waals surface area contributed by atoms with Crippen LogP contribution < -0.4 is 5.73 Å². The maximum atomic E-state index is 8.72.